The topological polar surface area (TPSA) is 50.1 Å². The zero-order valence-electron chi connectivity index (χ0n) is 14.2. The smallest absolute Gasteiger partial charge is 0.169 e. The van der Waals surface area contributed by atoms with E-state index in [1.165, 1.54) is 4.88 Å². The van der Waals surface area contributed by atoms with Gasteiger partial charge in [0.1, 0.15) is 0 Å². The molecule has 3 heterocycles. The minimum absolute atomic E-state index is 0.281. The molecule has 0 N–H and O–H groups in total. The van der Waals surface area contributed by atoms with Crippen LogP contribution in [0.4, 0.5) is 0 Å². The van der Waals surface area contributed by atoms with E-state index in [1.807, 2.05) is 4.68 Å². The van der Waals surface area contributed by atoms with E-state index < -0.39 is 0 Å². The van der Waals surface area contributed by atoms with E-state index in [1.54, 1.807) is 11.3 Å². The van der Waals surface area contributed by atoms with Crippen LogP contribution in [0.3, 0.4) is 0 Å². The van der Waals surface area contributed by atoms with E-state index in [2.05, 4.69) is 63.6 Å². The highest BCUT2D eigenvalue weighted by atomic mass is 32.1. The molecule has 7 heteroatoms. The van der Waals surface area contributed by atoms with Gasteiger partial charge in [-0.05, 0) is 34.3 Å². The van der Waals surface area contributed by atoms with Crippen LogP contribution < -0.4 is 0 Å². The molecule has 126 valence electrons. The lowest BCUT2D eigenvalue weighted by Crippen LogP contribution is -2.48. The molecule has 3 rings (SSSR count). The van der Waals surface area contributed by atoms with E-state index in [4.69, 9.17) is 0 Å². The number of likely N-dealkylation sites (N-methyl/N-ethyl adjacent to an activating group) is 1. The molecule has 0 bridgehead atoms. The van der Waals surface area contributed by atoms with Crippen LogP contribution in [-0.2, 0) is 6.54 Å². The van der Waals surface area contributed by atoms with Crippen LogP contribution in [-0.4, -0.2) is 62.7 Å². The minimum Gasteiger partial charge on any atom is -0.301 e. The molecule has 0 amide bonds. The van der Waals surface area contributed by atoms with Crippen LogP contribution in [0.2, 0.25) is 0 Å². The molecule has 1 saturated heterocycles. The van der Waals surface area contributed by atoms with Gasteiger partial charge < -0.3 is 4.90 Å². The quantitative estimate of drug-likeness (QED) is 0.810. The van der Waals surface area contributed by atoms with Crippen molar-refractivity contribution in [2.75, 3.05) is 32.7 Å². The first kappa shape index (κ1) is 16.5. The lowest BCUT2D eigenvalue weighted by molar-refractivity contribution is 0.0723. The molecule has 1 aliphatic rings. The zero-order valence-corrected chi connectivity index (χ0v) is 15.0. The lowest BCUT2D eigenvalue weighted by Gasteiger charge is -2.39. The van der Waals surface area contributed by atoms with E-state index in [9.17, 15) is 0 Å². The van der Waals surface area contributed by atoms with Crippen molar-refractivity contribution in [2.24, 2.45) is 5.92 Å². The maximum absolute atomic E-state index is 4.38. The highest BCUT2D eigenvalue weighted by Crippen LogP contribution is 2.28. The fourth-order valence-corrected chi connectivity index (χ4v) is 4.01. The van der Waals surface area contributed by atoms with Gasteiger partial charge in [0.2, 0.25) is 0 Å². The van der Waals surface area contributed by atoms with Crippen LogP contribution in [0.5, 0.6) is 0 Å². The minimum atomic E-state index is 0.281. The molecular weight excluding hydrogens is 308 g/mol. The van der Waals surface area contributed by atoms with Crippen LogP contribution in [0, 0.1) is 5.92 Å². The van der Waals surface area contributed by atoms with Crippen LogP contribution in [0.15, 0.2) is 17.5 Å². The fraction of sp³-hybridized carbons (Fsp3) is 0.688. The Morgan fingerprint density at radius 2 is 2.00 bits per heavy atom. The zero-order chi connectivity index (χ0) is 16.2. The number of aromatic nitrogens is 4. The second-order valence-corrected chi connectivity index (χ2v) is 7.47. The van der Waals surface area contributed by atoms with Crippen molar-refractivity contribution in [2.45, 2.75) is 33.4 Å². The number of rotatable bonds is 6. The average Bonchev–Trinajstić information content (AvgIpc) is 3.21. The molecule has 2 aromatic rings. The van der Waals surface area contributed by atoms with Crippen molar-refractivity contribution in [3.8, 4) is 0 Å². The number of hydrogen-bond acceptors (Lipinski definition) is 6. The first-order valence-electron chi connectivity index (χ1n) is 8.44. The Kier molecular flexibility index (Phi) is 5.40. The highest BCUT2D eigenvalue weighted by Gasteiger charge is 2.31. The number of tetrazole rings is 1. The van der Waals surface area contributed by atoms with Crippen molar-refractivity contribution in [1.82, 2.24) is 30.0 Å². The standard InChI is InChI=1S/C16H26N6S/c1-4-20-7-9-21(10-8-20)15(13(2)3)16-17-18-19-22(16)12-14-6-5-11-23-14/h5-6,11,13,15H,4,7-10,12H2,1-3H3/t15-/m1/s1. The van der Waals surface area contributed by atoms with Gasteiger partial charge in [0.05, 0.1) is 12.6 Å². The molecule has 0 aliphatic carbocycles. The second-order valence-electron chi connectivity index (χ2n) is 6.43. The van der Waals surface area contributed by atoms with E-state index in [0.717, 1.165) is 45.1 Å². The molecule has 2 aromatic heterocycles. The first-order valence-corrected chi connectivity index (χ1v) is 9.31. The number of piperazine rings is 1. The largest absolute Gasteiger partial charge is 0.301 e. The number of hydrogen-bond donors (Lipinski definition) is 0. The lowest BCUT2D eigenvalue weighted by atomic mass is 10.0. The van der Waals surface area contributed by atoms with Crippen LogP contribution in [0.1, 0.15) is 37.5 Å². The van der Waals surface area contributed by atoms with Crippen LogP contribution >= 0.6 is 11.3 Å². The molecule has 0 unspecified atom stereocenters. The molecule has 0 aromatic carbocycles. The van der Waals surface area contributed by atoms with Gasteiger partial charge in [-0.3, -0.25) is 4.90 Å². The Hall–Kier alpha value is -1.31. The Labute approximate surface area is 142 Å². The maximum atomic E-state index is 4.38. The molecule has 6 nitrogen and oxygen atoms in total. The summed E-state index contributed by atoms with van der Waals surface area (Å²) in [6.07, 6.45) is 0. The van der Waals surface area contributed by atoms with Crippen molar-refractivity contribution in [3.05, 3.63) is 28.2 Å². The summed E-state index contributed by atoms with van der Waals surface area (Å²) in [7, 11) is 0. The SMILES string of the molecule is CCN1CCN([C@@H](c2nnnn2Cc2cccs2)C(C)C)CC1. The number of nitrogens with zero attached hydrogens (tertiary/aromatic N) is 6. The monoisotopic (exact) mass is 334 g/mol. The van der Waals surface area contributed by atoms with Crippen molar-refractivity contribution in [3.63, 3.8) is 0 Å². The molecule has 0 saturated carbocycles. The highest BCUT2D eigenvalue weighted by molar-refractivity contribution is 7.09. The predicted octanol–water partition coefficient (Wildman–Crippen LogP) is 2.12. The molecule has 1 fully saturated rings. The molecule has 0 radical (unpaired) electrons. The van der Waals surface area contributed by atoms with Crippen molar-refractivity contribution < 1.29 is 0 Å². The summed E-state index contributed by atoms with van der Waals surface area (Å²) >= 11 is 1.75. The first-order chi connectivity index (χ1) is 11.2. The maximum Gasteiger partial charge on any atom is 0.169 e. The van der Waals surface area contributed by atoms with Crippen molar-refractivity contribution >= 4 is 11.3 Å². The average molecular weight is 334 g/mol. The van der Waals surface area contributed by atoms with Gasteiger partial charge in [0, 0.05) is 31.1 Å². The van der Waals surface area contributed by atoms with Crippen molar-refractivity contribution in [1.29, 1.82) is 0 Å². The fourth-order valence-electron chi connectivity index (χ4n) is 3.33. The van der Waals surface area contributed by atoms with Gasteiger partial charge >= 0.3 is 0 Å². The third-order valence-electron chi connectivity index (χ3n) is 4.59. The summed E-state index contributed by atoms with van der Waals surface area (Å²) < 4.78 is 1.97. The summed E-state index contributed by atoms with van der Waals surface area (Å²) in [6, 6.07) is 4.50. The van der Waals surface area contributed by atoms with E-state index in [-0.39, 0.29) is 6.04 Å². The van der Waals surface area contributed by atoms with E-state index in [0.29, 0.717) is 5.92 Å². The summed E-state index contributed by atoms with van der Waals surface area (Å²) in [5.41, 5.74) is 0. The number of thiophene rings is 1. The van der Waals surface area contributed by atoms with E-state index >= 15 is 0 Å². The molecule has 1 aliphatic heterocycles. The third-order valence-corrected chi connectivity index (χ3v) is 5.45. The van der Waals surface area contributed by atoms with Gasteiger partial charge in [-0.15, -0.1) is 16.4 Å². The van der Waals surface area contributed by atoms with Gasteiger partial charge in [-0.2, -0.15) is 0 Å². The van der Waals surface area contributed by atoms with Crippen LogP contribution in [0.25, 0.3) is 0 Å². The summed E-state index contributed by atoms with van der Waals surface area (Å²) in [5, 5.41) is 14.7. The molecule has 0 spiro atoms. The molecular formula is C16H26N6S. The molecule has 23 heavy (non-hydrogen) atoms. The molecule has 1 atom stereocenters. The summed E-state index contributed by atoms with van der Waals surface area (Å²) in [4.78, 5) is 6.34. The van der Waals surface area contributed by atoms with Gasteiger partial charge in [-0.1, -0.05) is 26.8 Å². The predicted molar refractivity (Wildman–Crippen MR) is 92.5 cm³/mol. The Morgan fingerprint density at radius 1 is 1.22 bits per heavy atom. The Morgan fingerprint density at radius 3 is 2.61 bits per heavy atom. The third kappa shape index (κ3) is 3.79. The Balaban J connectivity index is 1.78. The normalized spacial score (nSPS) is 18.6. The van der Waals surface area contributed by atoms with Gasteiger partial charge in [0.25, 0.3) is 0 Å². The Bertz CT molecular complexity index is 585. The van der Waals surface area contributed by atoms with Gasteiger partial charge in [0.15, 0.2) is 5.82 Å². The van der Waals surface area contributed by atoms with Gasteiger partial charge in [-0.25, -0.2) is 4.68 Å². The second kappa shape index (κ2) is 7.51. The summed E-state index contributed by atoms with van der Waals surface area (Å²) in [5.74, 6) is 1.48. The summed E-state index contributed by atoms with van der Waals surface area (Å²) in [6.45, 7) is 13.1.